The van der Waals surface area contributed by atoms with E-state index in [1.807, 2.05) is 0 Å². The first-order chi connectivity index (χ1) is 14.6. The number of ether oxygens (including phenoxy) is 3. The molecule has 0 spiro atoms. The minimum absolute atomic E-state index is 0.0449. The minimum atomic E-state index is 0.0449. The highest BCUT2D eigenvalue weighted by Crippen LogP contribution is 2.38. The summed E-state index contributed by atoms with van der Waals surface area (Å²) in [5.41, 5.74) is 7.02. The lowest BCUT2D eigenvalue weighted by molar-refractivity contribution is 0.213. The Morgan fingerprint density at radius 3 is 2.06 bits per heavy atom. The molecule has 2 aromatic rings. The molecule has 0 aliphatic carbocycles. The Kier molecular flexibility index (Phi) is 8.81. The molecule has 4 heteroatoms. The lowest BCUT2D eigenvalue weighted by atomic mass is 9.97. The molecule has 0 fully saturated rings. The maximum atomic E-state index is 6.31. The van der Waals surface area contributed by atoms with Gasteiger partial charge in [-0.15, -0.1) is 0 Å². The highest BCUT2D eigenvalue weighted by Gasteiger charge is 2.20. The van der Waals surface area contributed by atoms with Crippen molar-refractivity contribution < 1.29 is 14.2 Å². The molecule has 0 bridgehead atoms. The van der Waals surface area contributed by atoms with Crippen molar-refractivity contribution in [2.24, 2.45) is 0 Å². The van der Waals surface area contributed by atoms with Crippen LogP contribution in [0.3, 0.4) is 0 Å². The molecule has 1 N–H and O–H groups in total. The summed E-state index contributed by atoms with van der Waals surface area (Å²) in [5, 5.41) is 3.57. The molecule has 0 saturated heterocycles. The second-order valence-electron chi connectivity index (χ2n) is 9.14. The Hall–Kier alpha value is -2.20. The molecule has 0 aliphatic rings. The zero-order chi connectivity index (χ0) is 23.3. The van der Waals surface area contributed by atoms with Gasteiger partial charge in [-0.1, -0.05) is 26.0 Å². The van der Waals surface area contributed by atoms with E-state index in [-0.39, 0.29) is 12.2 Å². The zero-order valence-electron chi connectivity index (χ0n) is 21.1. The Morgan fingerprint density at radius 2 is 1.48 bits per heavy atom. The van der Waals surface area contributed by atoms with Gasteiger partial charge in [0.15, 0.2) is 0 Å². The van der Waals surface area contributed by atoms with Crippen molar-refractivity contribution in [1.82, 2.24) is 5.32 Å². The van der Waals surface area contributed by atoms with E-state index >= 15 is 0 Å². The Morgan fingerprint density at radius 1 is 0.839 bits per heavy atom. The Labute approximate surface area is 189 Å². The number of rotatable bonds is 10. The van der Waals surface area contributed by atoms with Crippen LogP contribution < -0.4 is 19.5 Å². The summed E-state index contributed by atoms with van der Waals surface area (Å²) in [7, 11) is 1.74. The molecule has 0 aliphatic heterocycles. The Bertz CT molecular complexity index is 887. The van der Waals surface area contributed by atoms with Crippen LogP contribution in [-0.4, -0.2) is 25.9 Å². The fraction of sp³-hybridized carbons (Fsp3) is 0.556. The van der Waals surface area contributed by atoms with Gasteiger partial charge in [0.2, 0.25) is 0 Å². The van der Waals surface area contributed by atoms with Gasteiger partial charge in [-0.3, -0.25) is 0 Å². The molecule has 0 heterocycles. The largest absolute Gasteiger partial charge is 0.496 e. The van der Waals surface area contributed by atoms with Crippen LogP contribution in [0.15, 0.2) is 18.2 Å². The van der Waals surface area contributed by atoms with Gasteiger partial charge in [-0.2, -0.15) is 0 Å². The molecule has 0 aromatic heterocycles. The molecule has 0 amide bonds. The third-order valence-corrected chi connectivity index (χ3v) is 5.72. The van der Waals surface area contributed by atoms with Gasteiger partial charge in [0, 0.05) is 18.7 Å². The fourth-order valence-electron chi connectivity index (χ4n) is 3.94. The van der Waals surface area contributed by atoms with Crippen LogP contribution in [-0.2, 0) is 6.54 Å². The molecule has 31 heavy (non-hydrogen) atoms. The standard InChI is InChI=1S/C27H41NO3/c1-16(2)23-12-11-18(5)13-25(23)31-19(6)14-28-15-24-22(9)26(30-17(3)4)20(7)21(8)27(24)29-10/h11-13,16-17,19,28H,14-15H2,1-10H3. The van der Waals surface area contributed by atoms with E-state index in [0.29, 0.717) is 12.5 Å². The van der Waals surface area contributed by atoms with Crippen molar-refractivity contribution in [2.45, 2.75) is 87.0 Å². The lowest BCUT2D eigenvalue weighted by Gasteiger charge is -2.24. The normalized spacial score (nSPS) is 12.4. The van der Waals surface area contributed by atoms with E-state index in [1.54, 1.807) is 7.11 Å². The van der Waals surface area contributed by atoms with Crippen molar-refractivity contribution >= 4 is 0 Å². The highest BCUT2D eigenvalue weighted by molar-refractivity contribution is 5.58. The first-order valence-corrected chi connectivity index (χ1v) is 11.4. The van der Waals surface area contributed by atoms with Gasteiger partial charge < -0.3 is 19.5 Å². The molecule has 172 valence electrons. The average molecular weight is 428 g/mol. The van der Waals surface area contributed by atoms with Crippen molar-refractivity contribution in [3.63, 3.8) is 0 Å². The fourth-order valence-corrected chi connectivity index (χ4v) is 3.94. The maximum Gasteiger partial charge on any atom is 0.127 e. The third kappa shape index (κ3) is 6.16. The summed E-state index contributed by atoms with van der Waals surface area (Å²) < 4.78 is 18.2. The number of aryl methyl sites for hydroxylation is 1. The van der Waals surface area contributed by atoms with E-state index in [2.05, 4.69) is 85.8 Å². The minimum Gasteiger partial charge on any atom is -0.496 e. The van der Waals surface area contributed by atoms with Gasteiger partial charge in [0.25, 0.3) is 0 Å². The predicted octanol–water partition coefficient (Wildman–Crippen LogP) is 6.40. The van der Waals surface area contributed by atoms with E-state index in [4.69, 9.17) is 14.2 Å². The van der Waals surface area contributed by atoms with Gasteiger partial charge in [0.05, 0.1) is 13.2 Å². The molecule has 0 saturated carbocycles. The van der Waals surface area contributed by atoms with Crippen molar-refractivity contribution in [2.75, 3.05) is 13.7 Å². The second kappa shape index (κ2) is 10.9. The summed E-state index contributed by atoms with van der Waals surface area (Å²) in [6, 6.07) is 6.46. The monoisotopic (exact) mass is 427 g/mol. The van der Waals surface area contributed by atoms with Gasteiger partial charge >= 0.3 is 0 Å². The summed E-state index contributed by atoms with van der Waals surface area (Å²) in [6.45, 7) is 20.5. The number of methoxy groups -OCH3 is 1. The van der Waals surface area contributed by atoms with Crippen LogP contribution in [0.4, 0.5) is 0 Å². The summed E-state index contributed by atoms with van der Waals surface area (Å²) >= 11 is 0. The molecular weight excluding hydrogens is 386 g/mol. The SMILES string of the molecule is COc1c(C)c(C)c(OC(C)C)c(C)c1CNCC(C)Oc1cc(C)ccc1C(C)C. The van der Waals surface area contributed by atoms with E-state index in [9.17, 15) is 0 Å². The lowest BCUT2D eigenvalue weighted by Crippen LogP contribution is -2.29. The molecule has 4 nitrogen and oxygen atoms in total. The van der Waals surface area contributed by atoms with Crippen molar-refractivity contribution in [3.8, 4) is 17.2 Å². The zero-order valence-corrected chi connectivity index (χ0v) is 21.1. The van der Waals surface area contributed by atoms with Gasteiger partial charge in [0.1, 0.15) is 23.4 Å². The summed E-state index contributed by atoms with van der Waals surface area (Å²) in [4.78, 5) is 0. The van der Waals surface area contributed by atoms with Crippen LogP contribution in [0.1, 0.15) is 73.9 Å². The van der Waals surface area contributed by atoms with Gasteiger partial charge in [-0.05, 0) is 88.3 Å². The number of hydrogen-bond acceptors (Lipinski definition) is 4. The summed E-state index contributed by atoms with van der Waals surface area (Å²) in [5.74, 6) is 3.32. The first kappa shape index (κ1) is 25.1. The van der Waals surface area contributed by atoms with E-state index < -0.39 is 0 Å². The number of nitrogens with one attached hydrogen (secondary N) is 1. The number of hydrogen-bond donors (Lipinski definition) is 1. The van der Waals surface area contributed by atoms with Crippen molar-refractivity contribution in [3.05, 3.63) is 51.6 Å². The molecule has 2 rings (SSSR count). The van der Waals surface area contributed by atoms with Gasteiger partial charge in [-0.25, -0.2) is 0 Å². The van der Waals surface area contributed by atoms with E-state index in [1.165, 1.54) is 11.1 Å². The smallest absolute Gasteiger partial charge is 0.127 e. The highest BCUT2D eigenvalue weighted by atomic mass is 16.5. The molecule has 1 unspecified atom stereocenters. The maximum absolute atomic E-state index is 6.31. The molecule has 0 radical (unpaired) electrons. The first-order valence-electron chi connectivity index (χ1n) is 11.4. The molecule has 2 aromatic carbocycles. The third-order valence-electron chi connectivity index (χ3n) is 5.72. The van der Waals surface area contributed by atoms with Crippen LogP contribution in [0.25, 0.3) is 0 Å². The van der Waals surface area contributed by atoms with Crippen LogP contribution in [0.2, 0.25) is 0 Å². The molecule has 1 atom stereocenters. The average Bonchev–Trinajstić information content (AvgIpc) is 2.68. The quantitative estimate of drug-likeness (QED) is 0.476. The predicted molar refractivity (Wildman–Crippen MR) is 130 cm³/mol. The second-order valence-corrected chi connectivity index (χ2v) is 9.14. The van der Waals surface area contributed by atoms with E-state index in [0.717, 1.165) is 46.0 Å². The van der Waals surface area contributed by atoms with Crippen molar-refractivity contribution in [1.29, 1.82) is 0 Å². The van der Waals surface area contributed by atoms with Crippen LogP contribution in [0, 0.1) is 27.7 Å². The van der Waals surface area contributed by atoms with Crippen LogP contribution >= 0.6 is 0 Å². The molecular formula is C27H41NO3. The van der Waals surface area contributed by atoms with Crippen LogP contribution in [0.5, 0.6) is 17.2 Å². The summed E-state index contributed by atoms with van der Waals surface area (Å²) in [6.07, 6.45) is 0.174. The number of benzene rings is 2. The topological polar surface area (TPSA) is 39.7 Å². The Balaban J connectivity index is 2.15.